The average molecular weight is 250 g/mol. The number of hydrogen-bond acceptors (Lipinski definition) is 3. The summed E-state index contributed by atoms with van der Waals surface area (Å²) in [4.78, 5) is 6.66. The molecule has 0 aromatic carbocycles. The molecule has 2 heterocycles. The molecule has 102 valence electrons. The molecule has 0 atom stereocenters. The topological polar surface area (TPSA) is 33.1 Å². The fourth-order valence-corrected chi connectivity index (χ4v) is 2.60. The summed E-state index contributed by atoms with van der Waals surface area (Å²) in [6.45, 7) is 8.96. The maximum Gasteiger partial charge on any atom is 0.0951 e. The molecular formula is C14H26N4. The molecule has 0 aliphatic carbocycles. The van der Waals surface area contributed by atoms with Crippen molar-refractivity contribution >= 4 is 0 Å². The molecule has 18 heavy (non-hydrogen) atoms. The zero-order valence-electron chi connectivity index (χ0n) is 11.9. The number of aromatic nitrogens is 2. The van der Waals surface area contributed by atoms with Gasteiger partial charge in [-0.2, -0.15) is 0 Å². The summed E-state index contributed by atoms with van der Waals surface area (Å²) in [5.74, 6) is 0.844. The highest BCUT2D eigenvalue weighted by Crippen LogP contribution is 2.15. The molecule has 0 bridgehead atoms. The van der Waals surface area contributed by atoms with Gasteiger partial charge in [-0.3, -0.25) is 0 Å². The molecule has 1 aromatic rings. The Balaban J connectivity index is 1.73. The molecule has 0 radical (unpaired) electrons. The van der Waals surface area contributed by atoms with Crippen LogP contribution in [0.5, 0.6) is 0 Å². The van der Waals surface area contributed by atoms with Gasteiger partial charge in [-0.25, -0.2) is 4.98 Å². The highest BCUT2D eigenvalue weighted by molar-refractivity contribution is 4.99. The first-order valence-corrected chi connectivity index (χ1v) is 7.06. The number of rotatable bonds is 5. The minimum atomic E-state index is 0.493. The van der Waals surface area contributed by atoms with Crippen molar-refractivity contribution in [3.63, 3.8) is 0 Å². The van der Waals surface area contributed by atoms with Crippen molar-refractivity contribution in [3.8, 4) is 0 Å². The lowest BCUT2D eigenvalue weighted by Gasteiger charge is -2.29. The number of piperidine rings is 1. The molecule has 1 aromatic heterocycles. The summed E-state index contributed by atoms with van der Waals surface area (Å²) < 4.78 is 2.24. The van der Waals surface area contributed by atoms with E-state index < -0.39 is 0 Å². The molecule has 1 saturated heterocycles. The van der Waals surface area contributed by atoms with Gasteiger partial charge in [-0.15, -0.1) is 0 Å². The van der Waals surface area contributed by atoms with Crippen LogP contribution in [0.15, 0.2) is 12.5 Å². The van der Waals surface area contributed by atoms with Gasteiger partial charge in [0.2, 0.25) is 0 Å². The Morgan fingerprint density at radius 2 is 2.11 bits per heavy atom. The van der Waals surface area contributed by atoms with Crippen LogP contribution in [0, 0.1) is 5.92 Å². The first-order valence-electron chi connectivity index (χ1n) is 7.06. The van der Waals surface area contributed by atoms with Gasteiger partial charge < -0.3 is 14.8 Å². The third kappa shape index (κ3) is 3.56. The second kappa shape index (κ2) is 6.34. The number of imidazole rings is 1. The second-order valence-electron chi connectivity index (χ2n) is 5.76. The average Bonchev–Trinajstić information content (AvgIpc) is 2.80. The monoisotopic (exact) mass is 250 g/mol. The lowest BCUT2D eigenvalue weighted by atomic mass is 9.97. The highest BCUT2D eigenvalue weighted by Gasteiger charge is 2.16. The van der Waals surface area contributed by atoms with Gasteiger partial charge in [0.15, 0.2) is 0 Å². The van der Waals surface area contributed by atoms with Crippen LogP contribution in [0.25, 0.3) is 0 Å². The Morgan fingerprint density at radius 1 is 1.39 bits per heavy atom. The number of likely N-dealkylation sites (tertiary alicyclic amines) is 1. The van der Waals surface area contributed by atoms with E-state index >= 15 is 0 Å². The summed E-state index contributed by atoms with van der Waals surface area (Å²) in [6.07, 6.45) is 6.55. The van der Waals surface area contributed by atoms with E-state index in [1.807, 2.05) is 12.5 Å². The predicted molar refractivity (Wildman–Crippen MR) is 74.5 cm³/mol. The van der Waals surface area contributed by atoms with Crippen LogP contribution < -0.4 is 5.32 Å². The minimum absolute atomic E-state index is 0.493. The first-order chi connectivity index (χ1) is 8.66. The van der Waals surface area contributed by atoms with Gasteiger partial charge >= 0.3 is 0 Å². The Hall–Kier alpha value is -0.870. The Kier molecular flexibility index (Phi) is 4.78. The number of nitrogens with one attached hydrogen (secondary N) is 1. The lowest BCUT2D eigenvalue weighted by Crippen LogP contribution is -2.35. The summed E-state index contributed by atoms with van der Waals surface area (Å²) in [5, 5.41) is 3.59. The molecule has 2 rings (SSSR count). The SMILES string of the molecule is CC(C)n1cncc1CNCC1CCN(C)CC1. The third-order valence-electron chi connectivity index (χ3n) is 3.88. The Bertz CT molecular complexity index is 350. The van der Waals surface area contributed by atoms with E-state index in [1.54, 1.807) is 0 Å². The van der Waals surface area contributed by atoms with Crippen LogP contribution in [0.1, 0.15) is 38.4 Å². The molecule has 0 unspecified atom stereocenters. The normalized spacial score (nSPS) is 18.7. The fraction of sp³-hybridized carbons (Fsp3) is 0.786. The van der Waals surface area contributed by atoms with Crippen molar-refractivity contribution in [2.45, 2.75) is 39.3 Å². The van der Waals surface area contributed by atoms with Crippen molar-refractivity contribution in [1.82, 2.24) is 19.8 Å². The van der Waals surface area contributed by atoms with E-state index in [-0.39, 0.29) is 0 Å². The van der Waals surface area contributed by atoms with Crippen LogP contribution in [0.3, 0.4) is 0 Å². The molecule has 0 amide bonds. The summed E-state index contributed by atoms with van der Waals surface area (Å²) in [6, 6.07) is 0.493. The largest absolute Gasteiger partial charge is 0.331 e. The quantitative estimate of drug-likeness (QED) is 0.866. The van der Waals surface area contributed by atoms with E-state index in [4.69, 9.17) is 0 Å². The molecule has 0 saturated carbocycles. The Labute approximate surface area is 110 Å². The lowest BCUT2D eigenvalue weighted by molar-refractivity contribution is 0.215. The van der Waals surface area contributed by atoms with Crippen molar-refractivity contribution in [3.05, 3.63) is 18.2 Å². The minimum Gasteiger partial charge on any atom is -0.331 e. The fourth-order valence-electron chi connectivity index (χ4n) is 2.60. The van der Waals surface area contributed by atoms with Gasteiger partial charge in [0.05, 0.1) is 12.0 Å². The molecule has 1 aliphatic heterocycles. The smallest absolute Gasteiger partial charge is 0.0951 e. The maximum atomic E-state index is 4.24. The van der Waals surface area contributed by atoms with E-state index in [9.17, 15) is 0 Å². The zero-order valence-corrected chi connectivity index (χ0v) is 11.9. The number of hydrogen-bond donors (Lipinski definition) is 1. The van der Waals surface area contributed by atoms with Crippen LogP contribution in [-0.4, -0.2) is 41.1 Å². The van der Waals surface area contributed by atoms with Crippen molar-refractivity contribution in [2.24, 2.45) is 5.92 Å². The Morgan fingerprint density at radius 3 is 2.78 bits per heavy atom. The van der Waals surface area contributed by atoms with Gasteiger partial charge in [0, 0.05) is 18.8 Å². The van der Waals surface area contributed by atoms with E-state index in [0.717, 1.165) is 19.0 Å². The molecule has 1 fully saturated rings. The van der Waals surface area contributed by atoms with Gasteiger partial charge in [-0.05, 0) is 59.3 Å². The molecule has 4 nitrogen and oxygen atoms in total. The third-order valence-corrected chi connectivity index (χ3v) is 3.88. The molecular weight excluding hydrogens is 224 g/mol. The van der Waals surface area contributed by atoms with Gasteiger partial charge in [0.1, 0.15) is 0 Å². The van der Waals surface area contributed by atoms with Gasteiger partial charge in [-0.1, -0.05) is 0 Å². The standard InChI is InChI=1S/C14H26N4/c1-12(2)18-11-16-10-14(18)9-15-8-13-4-6-17(3)7-5-13/h10-13,15H,4-9H2,1-3H3. The van der Waals surface area contributed by atoms with Crippen molar-refractivity contribution in [2.75, 3.05) is 26.7 Å². The molecule has 4 heteroatoms. The van der Waals surface area contributed by atoms with Crippen molar-refractivity contribution in [1.29, 1.82) is 0 Å². The zero-order chi connectivity index (χ0) is 13.0. The predicted octanol–water partition coefficient (Wildman–Crippen LogP) is 1.90. The van der Waals surface area contributed by atoms with E-state index in [2.05, 4.69) is 40.7 Å². The van der Waals surface area contributed by atoms with Crippen molar-refractivity contribution < 1.29 is 0 Å². The van der Waals surface area contributed by atoms with Gasteiger partial charge in [0.25, 0.3) is 0 Å². The maximum absolute atomic E-state index is 4.24. The molecule has 1 aliphatic rings. The summed E-state index contributed by atoms with van der Waals surface area (Å²) >= 11 is 0. The second-order valence-corrected chi connectivity index (χ2v) is 5.76. The summed E-state index contributed by atoms with van der Waals surface area (Å²) in [7, 11) is 2.21. The molecule has 1 N–H and O–H groups in total. The van der Waals surface area contributed by atoms with E-state index in [1.165, 1.54) is 31.6 Å². The van der Waals surface area contributed by atoms with E-state index in [0.29, 0.717) is 6.04 Å². The van der Waals surface area contributed by atoms with Crippen LogP contribution in [0.4, 0.5) is 0 Å². The van der Waals surface area contributed by atoms with Crippen LogP contribution in [-0.2, 0) is 6.54 Å². The molecule has 0 spiro atoms. The highest BCUT2D eigenvalue weighted by atomic mass is 15.1. The number of nitrogens with zero attached hydrogens (tertiary/aromatic N) is 3. The first kappa shape index (κ1) is 13.6. The summed E-state index contributed by atoms with van der Waals surface area (Å²) in [5.41, 5.74) is 1.29. The van der Waals surface area contributed by atoms with Crippen LogP contribution >= 0.6 is 0 Å². The van der Waals surface area contributed by atoms with Crippen LogP contribution in [0.2, 0.25) is 0 Å².